The van der Waals surface area contributed by atoms with Crippen LogP contribution >= 0.6 is 15.9 Å². The minimum absolute atomic E-state index is 0.405. The van der Waals surface area contributed by atoms with Gasteiger partial charge in [-0.2, -0.15) is 14.0 Å². The lowest BCUT2D eigenvalue weighted by atomic mass is 10.0. The molecule has 2 rings (SSSR count). The molecular formula is C14H10BrClO6. The van der Waals surface area contributed by atoms with Crippen molar-refractivity contribution in [1.82, 2.24) is 0 Å². The van der Waals surface area contributed by atoms with Gasteiger partial charge in [-0.1, -0.05) is 46.3 Å². The molecule has 0 aromatic heterocycles. The van der Waals surface area contributed by atoms with Crippen LogP contribution in [0.4, 0.5) is 0 Å². The lowest BCUT2D eigenvalue weighted by Gasteiger charge is -2.03. The summed E-state index contributed by atoms with van der Waals surface area (Å²) in [5, 5.41) is 0. The third-order valence-corrected chi connectivity index (χ3v) is 2.88. The molecule has 0 aliphatic carbocycles. The molecule has 0 atom stereocenters. The van der Waals surface area contributed by atoms with Gasteiger partial charge in [0.05, 0.1) is 14.9 Å². The van der Waals surface area contributed by atoms with Crippen molar-refractivity contribution in [2.24, 2.45) is 0 Å². The van der Waals surface area contributed by atoms with Gasteiger partial charge in [-0.15, -0.1) is 0 Å². The van der Waals surface area contributed by atoms with Crippen molar-refractivity contribution < 1.29 is 38.5 Å². The van der Waals surface area contributed by atoms with Crippen LogP contribution in [0.25, 0.3) is 0 Å². The van der Waals surface area contributed by atoms with Gasteiger partial charge in [0.1, 0.15) is 0 Å². The molecule has 0 spiro atoms. The quantitative estimate of drug-likeness (QED) is 0.552. The lowest BCUT2D eigenvalue weighted by molar-refractivity contribution is -1.92. The SMILES string of the molecule is O=C(C(=O)c1ccc(Br)cc1)c1ccccc1.[O-][Cl+3]([O-])([O-])O. The molecule has 0 saturated carbocycles. The van der Waals surface area contributed by atoms with E-state index in [0.29, 0.717) is 11.1 Å². The Hall–Kier alpha value is -1.61. The monoisotopic (exact) mass is 388 g/mol. The molecule has 0 amide bonds. The summed E-state index contributed by atoms with van der Waals surface area (Å²) >= 11 is 3.28. The molecule has 0 unspecified atom stereocenters. The summed E-state index contributed by atoms with van der Waals surface area (Å²) in [6.45, 7) is 0. The van der Waals surface area contributed by atoms with Gasteiger partial charge in [0.15, 0.2) is 0 Å². The average Bonchev–Trinajstić information content (AvgIpc) is 2.46. The highest BCUT2D eigenvalue weighted by molar-refractivity contribution is 9.10. The summed E-state index contributed by atoms with van der Waals surface area (Å²) < 4.78 is 33.6. The highest BCUT2D eigenvalue weighted by Gasteiger charge is 2.17. The van der Waals surface area contributed by atoms with Gasteiger partial charge < -0.3 is 0 Å². The number of ketones is 2. The summed E-state index contributed by atoms with van der Waals surface area (Å²) in [6, 6.07) is 15.3. The fourth-order valence-corrected chi connectivity index (χ4v) is 1.72. The van der Waals surface area contributed by atoms with E-state index >= 15 is 0 Å². The number of hydrogen-bond donors (Lipinski definition) is 1. The van der Waals surface area contributed by atoms with Gasteiger partial charge in [-0.05, 0) is 24.3 Å². The van der Waals surface area contributed by atoms with Gasteiger partial charge in [0.2, 0.25) is 11.6 Å². The first-order valence-corrected chi connectivity index (χ1v) is 7.77. The molecular weight excluding hydrogens is 380 g/mol. The lowest BCUT2D eigenvalue weighted by Crippen LogP contribution is -2.58. The second kappa shape index (κ2) is 8.14. The zero-order chi connectivity index (χ0) is 16.8. The van der Waals surface area contributed by atoms with E-state index in [4.69, 9.17) is 18.6 Å². The van der Waals surface area contributed by atoms with E-state index in [9.17, 15) is 9.59 Å². The summed E-state index contributed by atoms with van der Waals surface area (Å²) in [5.74, 6) is -0.961. The zero-order valence-corrected chi connectivity index (χ0v) is 13.3. The summed E-state index contributed by atoms with van der Waals surface area (Å²) in [6.07, 6.45) is 0. The van der Waals surface area contributed by atoms with E-state index in [-0.39, 0.29) is 0 Å². The number of Topliss-reactive ketones (excluding diaryl/α,β-unsaturated/α-hetero) is 2. The first-order valence-electron chi connectivity index (χ1n) is 5.71. The van der Waals surface area contributed by atoms with Crippen molar-refractivity contribution in [3.8, 4) is 0 Å². The van der Waals surface area contributed by atoms with Crippen molar-refractivity contribution in [2.45, 2.75) is 0 Å². The molecule has 2 aromatic carbocycles. The summed E-state index contributed by atoms with van der Waals surface area (Å²) in [4.78, 5) is 23.8. The van der Waals surface area contributed by atoms with Crippen molar-refractivity contribution in [1.29, 1.82) is 0 Å². The summed E-state index contributed by atoms with van der Waals surface area (Å²) in [7, 11) is -4.69. The molecule has 0 radical (unpaired) electrons. The number of benzene rings is 2. The number of halogens is 2. The van der Waals surface area contributed by atoms with Crippen LogP contribution in [0, 0.1) is 10.2 Å². The van der Waals surface area contributed by atoms with Crippen LogP contribution in [0.15, 0.2) is 59.1 Å². The predicted molar refractivity (Wildman–Crippen MR) is 71.5 cm³/mol. The third kappa shape index (κ3) is 6.90. The first kappa shape index (κ1) is 18.4. The average molecular weight is 390 g/mol. The Bertz CT molecular complexity index is 631. The third-order valence-electron chi connectivity index (χ3n) is 2.35. The molecule has 0 fully saturated rings. The Morgan fingerprint density at radius 3 is 1.59 bits per heavy atom. The van der Waals surface area contributed by atoms with E-state index in [1.807, 2.05) is 0 Å². The van der Waals surface area contributed by atoms with Crippen LogP contribution < -0.4 is 14.0 Å². The Balaban J connectivity index is 0.000000422. The van der Waals surface area contributed by atoms with Crippen LogP contribution in [0.5, 0.6) is 0 Å². The van der Waals surface area contributed by atoms with Crippen molar-refractivity contribution in [2.75, 3.05) is 0 Å². The second-order valence-electron chi connectivity index (χ2n) is 3.93. The van der Waals surface area contributed by atoms with Crippen LogP contribution in [0.1, 0.15) is 20.7 Å². The molecule has 0 aliphatic rings. The van der Waals surface area contributed by atoms with E-state index in [1.165, 1.54) is 0 Å². The van der Waals surface area contributed by atoms with Gasteiger partial charge in [-0.25, -0.2) is 0 Å². The topological polar surface area (TPSA) is 124 Å². The van der Waals surface area contributed by atoms with Crippen LogP contribution in [-0.2, 0) is 0 Å². The van der Waals surface area contributed by atoms with Crippen molar-refractivity contribution >= 4 is 27.5 Å². The fourth-order valence-electron chi connectivity index (χ4n) is 1.45. The molecule has 0 saturated heterocycles. The second-order valence-corrected chi connectivity index (χ2v) is 5.63. The highest BCUT2D eigenvalue weighted by Crippen LogP contribution is 2.13. The van der Waals surface area contributed by atoms with Gasteiger partial charge in [-0.3, -0.25) is 9.59 Å². The Morgan fingerprint density at radius 2 is 1.18 bits per heavy atom. The zero-order valence-electron chi connectivity index (χ0n) is 10.9. The van der Waals surface area contributed by atoms with E-state index in [1.54, 1.807) is 54.6 Å². The maximum absolute atomic E-state index is 11.9. The summed E-state index contributed by atoms with van der Waals surface area (Å²) in [5.41, 5.74) is 0.822. The Labute approximate surface area is 136 Å². The molecule has 22 heavy (non-hydrogen) atoms. The van der Waals surface area contributed by atoms with E-state index in [0.717, 1.165) is 4.47 Å². The minimum Gasteiger partial charge on any atom is -0.285 e. The Kier molecular flexibility index (Phi) is 6.82. The predicted octanol–water partition coefficient (Wildman–Crippen LogP) is -0.609. The Morgan fingerprint density at radius 1 is 0.818 bits per heavy atom. The van der Waals surface area contributed by atoms with Gasteiger partial charge >= 0.3 is 0 Å². The van der Waals surface area contributed by atoms with Crippen LogP contribution in [-0.4, -0.2) is 16.2 Å². The molecule has 2 aromatic rings. The fraction of sp³-hybridized carbons (Fsp3) is 0. The molecule has 8 heteroatoms. The number of hydrogen-bond acceptors (Lipinski definition) is 6. The van der Waals surface area contributed by atoms with Crippen LogP contribution in [0.3, 0.4) is 0 Å². The standard InChI is InChI=1S/C14H9BrO2.ClHO4/c15-12-8-6-11(7-9-12)14(17)13(16)10-4-2-1-3-5-10;2-1(3,4)5/h1-9H;(H,2,3,4,5). The maximum atomic E-state index is 11.9. The van der Waals surface area contributed by atoms with Crippen molar-refractivity contribution in [3.63, 3.8) is 0 Å². The maximum Gasteiger partial charge on any atom is 0.233 e. The van der Waals surface area contributed by atoms with Crippen LogP contribution in [0.2, 0.25) is 0 Å². The number of carbonyl (C=O) groups is 2. The van der Waals surface area contributed by atoms with Gasteiger partial charge in [0.25, 0.3) is 0 Å². The molecule has 0 aliphatic heterocycles. The number of carbonyl (C=O) groups excluding carboxylic acids is 2. The largest absolute Gasteiger partial charge is 0.285 e. The molecule has 0 bridgehead atoms. The number of rotatable bonds is 3. The smallest absolute Gasteiger partial charge is 0.233 e. The highest BCUT2D eigenvalue weighted by atomic mass is 79.9. The molecule has 6 nitrogen and oxygen atoms in total. The minimum atomic E-state index is -4.69. The van der Waals surface area contributed by atoms with Gasteiger partial charge in [0, 0.05) is 15.6 Å². The van der Waals surface area contributed by atoms with Crippen molar-refractivity contribution in [3.05, 3.63) is 70.2 Å². The van der Waals surface area contributed by atoms with E-state index in [2.05, 4.69) is 15.9 Å². The molecule has 116 valence electrons. The normalized spacial score (nSPS) is 10.4. The van der Waals surface area contributed by atoms with E-state index < -0.39 is 21.8 Å². The first-order chi connectivity index (χ1) is 10.2. The molecule has 1 N–H and O–H groups in total. The molecule has 0 heterocycles.